The molecular formula is C86H66B2N4O2. The van der Waals surface area contributed by atoms with Crippen molar-refractivity contribution in [3.05, 3.63) is 302 Å². The van der Waals surface area contributed by atoms with Crippen molar-refractivity contribution in [1.29, 1.82) is 0 Å². The summed E-state index contributed by atoms with van der Waals surface area (Å²) in [6.07, 6.45) is 0. The molecule has 0 fully saturated rings. The van der Waals surface area contributed by atoms with Crippen LogP contribution in [-0.2, 0) is 10.8 Å². The monoisotopic (exact) mass is 1210 g/mol. The Morgan fingerprint density at radius 2 is 0.787 bits per heavy atom. The summed E-state index contributed by atoms with van der Waals surface area (Å²) in [6, 6.07) is 107. The van der Waals surface area contributed by atoms with Crippen LogP contribution in [-0.4, -0.2) is 18.0 Å². The van der Waals surface area contributed by atoms with E-state index in [1.165, 1.54) is 32.8 Å². The average molecular weight is 1210 g/mol. The van der Waals surface area contributed by atoms with Crippen LogP contribution in [0.25, 0.3) is 49.7 Å². The molecule has 0 unspecified atom stereocenters. The van der Waals surface area contributed by atoms with Crippen molar-refractivity contribution in [1.82, 2.24) is 4.57 Å². The smallest absolute Gasteiger partial charge is 0.256 e. The van der Waals surface area contributed by atoms with Crippen LogP contribution in [0.3, 0.4) is 0 Å². The van der Waals surface area contributed by atoms with Gasteiger partial charge in [0.25, 0.3) is 13.4 Å². The normalized spacial score (nSPS) is 13.3. The van der Waals surface area contributed by atoms with Crippen LogP contribution in [0.5, 0.6) is 23.0 Å². The van der Waals surface area contributed by atoms with Gasteiger partial charge in [-0.25, -0.2) is 0 Å². The minimum atomic E-state index is -0.213. The fourth-order valence-electron chi connectivity index (χ4n) is 15.5. The third-order valence-corrected chi connectivity index (χ3v) is 20.0. The Balaban J connectivity index is 0.890. The number of fused-ring (bicyclic) bond motifs is 11. The Kier molecular flexibility index (Phi) is 12.5. The van der Waals surface area contributed by atoms with Crippen molar-refractivity contribution in [2.45, 2.75) is 52.4 Å². The van der Waals surface area contributed by atoms with Gasteiger partial charge in [-0.15, -0.1) is 0 Å². The fraction of sp³-hybridized carbons (Fsp3) is 0.0930. The van der Waals surface area contributed by atoms with Gasteiger partial charge >= 0.3 is 0 Å². The molecule has 0 bridgehead atoms. The molecule has 0 amide bonds. The second kappa shape index (κ2) is 21.2. The number of para-hydroxylation sites is 6. The SMILES string of the molecule is CC(C)(C)c1ccc2c3ccc(C(C)(C)C)cc3n(-c3cc4c5c(c3)N(c3ccccc3-c3ccccc3)c3ccccc3B5c3cc5c(cc3O4)Oc3cc(N(c4ccccc4)c4ccccc4-c4ccccc4)cc4c3B5c3ccccc3N4c3ccccc3)c2c1. The molecule has 0 radical (unpaired) electrons. The maximum absolute atomic E-state index is 7.76. The number of hydrogen-bond donors (Lipinski definition) is 0. The second-order valence-corrected chi connectivity index (χ2v) is 27.6. The first-order valence-corrected chi connectivity index (χ1v) is 32.9. The Morgan fingerprint density at radius 3 is 1.37 bits per heavy atom. The van der Waals surface area contributed by atoms with Gasteiger partial charge < -0.3 is 28.7 Å². The van der Waals surface area contributed by atoms with Crippen LogP contribution in [0.15, 0.2) is 291 Å². The third kappa shape index (κ3) is 8.73. The highest BCUT2D eigenvalue weighted by molar-refractivity contribution is 7.02. The molecule has 13 aromatic carbocycles. The predicted octanol–water partition coefficient (Wildman–Crippen LogP) is 19.0. The molecule has 0 N–H and O–H groups in total. The molecule has 448 valence electrons. The van der Waals surface area contributed by atoms with Gasteiger partial charge in [-0.2, -0.15) is 0 Å². The number of benzene rings is 13. The number of hydrogen-bond acceptors (Lipinski definition) is 5. The zero-order chi connectivity index (χ0) is 63.1. The van der Waals surface area contributed by atoms with E-state index in [4.69, 9.17) is 9.47 Å². The lowest BCUT2D eigenvalue weighted by Crippen LogP contribution is -2.63. The Morgan fingerprint density at radius 1 is 0.319 bits per heavy atom. The van der Waals surface area contributed by atoms with Crippen LogP contribution < -0.4 is 57.0 Å². The number of anilines is 9. The van der Waals surface area contributed by atoms with Gasteiger partial charge in [0.2, 0.25) is 0 Å². The lowest BCUT2D eigenvalue weighted by molar-refractivity contribution is 0.465. The molecule has 14 aromatic rings. The van der Waals surface area contributed by atoms with E-state index in [1.807, 2.05) is 0 Å². The van der Waals surface area contributed by atoms with Crippen molar-refractivity contribution in [3.8, 4) is 50.9 Å². The quantitative estimate of drug-likeness (QED) is 0.142. The number of rotatable bonds is 8. The van der Waals surface area contributed by atoms with Crippen molar-refractivity contribution in [3.63, 3.8) is 0 Å². The van der Waals surface area contributed by atoms with Gasteiger partial charge in [-0.05, 0) is 139 Å². The number of nitrogens with zero attached hydrogens (tertiary/aromatic N) is 4. The standard InChI is InChI=1S/C86H66B2N4O2/c1-85(2,3)57-43-45-65-66-46-44-58(86(4,5)6)48-76(66)91(75(65)47-57)62-50-78-84-82(52-62)94-80-54-79-69(53-70(80)88(84)68-38-22-26-42-74(68)92(78)72-40-24-20-36-64(72)56-29-13-8-14-30-56)87-67-37-21-25-41-73(67)90(60-33-17-10-18-34-60)77-49-61(51-81(93-79)83(77)87)89(59-31-15-9-16-32-59)71-39-23-19-35-63(71)55-27-11-7-12-28-55/h7-54H,1-6H3. The zero-order valence-corrected chi connectivity index (χ0v) is 53.5. The second-order valence-electron chi connectivity index (χ2n) is 27.6. The van der Waals surface area contributed by atoms with Crippen molar-refractivity contribution < 1.29 is 9.47 Å². The van der Waals surface area contributed by atoms with Crippen LogP contribution in [0.4, 0.5) is 51.2 Å². The minimum Gasteiger partial charge on any atom is -0.458 e. The Bertz CT molecular complexity index is 5310. The van der Waals surface area contributed by atoms with E-state index in [0.29, 0.717) is 0 Å². The Hall–Kier alpha value is -11.2. The number of ether oxygens (including phenoxy) is 2. The fourth-order valence-corrected chi connectivity index (χ4v) is 15.5. The summed E-state index contributed by atoms with van der Waals surface area (Å²) < 4.78 is 17.9. The van der Waals surface area contributed by atoms with Gasteiger partial charge in [-0.1, -0.05) is 242 Å². The van der Waals surface area contributed by atoms with Crippen LogP contribution >= 0.6 is 0 Å². The van der Waals surface area contributed by atoms with E-state index >= 15 is 0 Å². The maximum Gasteiger partial charge on any atom is 0.256 e. The molecule has 5 heterocycles. The molecule has 8 heteroatoms. The third-order valence-electron chi connectivity index (χ3n) is 20.0. The van der Waals surface area contributed by atoms with Crippen LogP contribution in [0, 0.1) is 0 Å². The van der Waals surface area contributed by atoms with E-state index in [-0.39, 0.29) is 24.3 Å². The first kappa shape index (κ1) is 55.6. The molecule has 18 rings (SSSR count). The van der Waals surface area contributed by atoms with E-state index in [0.717, 1.165) is 135 Å². The molecule has 4 aliphatic rings. The summed E-state index contributed by atoms with van der Waals surface area (Å²) in [5.74, 6) is 3.16. The predicted molar refractivity (Wildman–Crippen MR) is 395 cm³/mol. The molecular weight excluding hydrogens is 1140 g/mol. The Labute approximate surface area is 550 Å². The summed E-state index contributed by atoms with van der Waals surface area (Å²) >= 11 is 0. The molecule has 0 atom stereocenters. The zero-order valence-electron chi connectivity index (χ0n) is 53.5. The van der Waals surface area contributed by atoms with Crippen LogP contribution in [0.1, 0.15) is 52.7 Å². The van der Waals surface area contributed by atoms with Gasteiger partial charge in [0.05, 0.1) is 33.8 Å². The first-order chi connectivity index (χ1) is 45.9. The lowest BCUT2D eigenvalue weighted by Gasteiger charge is -2.43. The summed E-state index contributed by atoms with van der Waals surface area (Å²) in [4.78, 5) is 7.36. The number of aromatic nitrogens is 1. The van der Waals surface area contributed by atoms with Crippen molar-refractivity contribution in [2.24, 2.45) is 0 Å². The minimum absolute atomic E-state index is 0.0868. The molecule has 0 aliphatic carbocycles. The maximum atomic E-state index is 7.76. The highest BCUT2D eigenvalue weighted by Crippen LogP contribution is 2.51. The average Bonchev–Trinajstić information content (AvgIpc) is 0.715. The van der Waals surface area contributed by atoms with E-state index in [9.17, 15) is 0 Å². The largest absolute Gasteiger partial charge is 0.458 e. The molecule has 0 saturated carbocycles. The molecule has 6 nitrogen and oxygen atoms in total. The highest BCUT2D eigenvalue weighted by atomic mass is 16.5. The van der Waals surface area contributed by atoms with Gasteiger partial charge in [0, 0.05) is 74.2 Å². The van der Waals surface area contributed by atoms with Gasteiger partial charge in [-0.3, -0.25) is 0 Å². The molecule has 0 saturated heterocycles. The van der Waals surface area contributed by atoms with Crippen molar-refractivity contribution >= 4 is 119 Å². The molecule has 0 spiro atoms. The first-order valence-electron chi connectivity index (χ1n) is 32.9. The van der Waals surface area contributed by atoms with E-state index < -0.39 is 0 Å². The summed E-state index contributed by atoms with van der Waals surface area (Å²) in [6.45, 7) is 13.4. The van der Waals surface area contributed by atoms with Crippen LogP contribution in [0.2, 0.25) is 0 Å². The van der Waals surface area contributed by atoms with Gasteiger partial charge in [0.1, 0.15) is 23.0 Å². The van der Waals surface area contributed by atoms with Crippen molar-refractivity contribution in [2.75, 3.05) is 14.7 Å². The lowest BCUT2D eigenvalue weighted by atomic mass is 9.31. The molecule has 4 aliphatic heterocycles. The van der Waals surface area contributed by atoms with E-state index in [2.05, 4.69) is 352 Å². The van der Waals surface area contributed by atoms with Gasteiger partial charge in [0.15, 0.2) is 0 Å². The topological polar surface area (TPSA) is 33.1 Å². The highest BCUT2D eigenvalue weighted by Gasteiger charge is 2.47. The molecule has 1 aromatic heterocycles. The summed E-state index contributed by atoms with van der Waals surface area (Å²) in [5.41, 5.74) is 26.8. The van der Waals surface area contributed by atoms with E-state index in [1.54, 1.807) is 0 Å². The molecule has 94 heavy (non-hydrogen) atoms. The summed E-state index contributed by atoms with van der Waals surface area (Å²) in [5, 5.41) is 2.43. The summed E-state index contributed by atoms with van der Waals surface area (Å²) in [7, 11) is 0.